The van der Waals surface area contributed by atoms with Crippen LogP contribution < -0.4 is 10.1 Å². The zero-order valence-electron chi connectivity index (χ0n) is 12.9. The Kier molecular flexibility index (Phi) is 5.31. The van der Waals surface area contributed by atoms with Gasteiger partial charge in [0.1, 0.15) is 11.4 Å². The van der Waals surface area contributed by atoms with Crippen molar-refractivity contribution < 1.29 is 14.3 Å². The maximum absolute atomic E-state index is 11.7. The van der Waals surface area contributed by atoms with Gasteiger partial charge in [0.2, 0.25) is 5.91 Å². The number of hydrogen-bond donors (Lipinski definition) is 1. The Morgan fingerprint density at radius 2 is 1.90 bits per heavy atom. The molecule has 0 atom stereocenters. The third kappa shape index (κ3) is 5.03. The highest BCUT2D eigenvalue weighted by atomic mass is 16.5. The van der Waals surface area contributed by atoms with Gasteiger partial charge in [-0.1, -0.05) is 6.92 Å². The summed E-state index contributed by atoms with van der Waals surface area (Å²) in [6.45, 7) is 9.21. The standard InChI is InChI=1S/C16H23NO3/c1-6-7-15(19)17-12-8-9-14(20-16(3,4)5)13(10-12)11(2)18/h8-10H,6-7H2,1-5H3,(H,17,19). The first-order valence-electron chi connectivity index (χ1n) is 6.87. The Hall–Kier alpha value is -1.84. The van der Waals surface area contributed by atoms with E-state index in [1.165, 1.54) is 6.92 Å². The van der Waals surface area contributed by atoms with Crippen LogP contribution in [0.4, 0.5) is 5.69 Å². The SMILES string of the molecule is CCCC(=O)Nc1ccc(OC(C)(C)C)c(C(C)=O)c1. The predicted octanol–water partition coefficient (Wildman–Crippen LogP) is 3.81. The fraction of sp³-hybridized carbons (Fsp3) is 0.500. The molecule has 110 valence electrons. The zero-order chi connectivity index (χ0) is 15.3. The second-order valence-electron chi connectivity index (χ2n) is 5.78. The summed E-state index contributed by atoms with van der Waals surface area (Å²) in [4.78, 5) is 23.3. The monoisotopic (exact) mass is 277 g/mol. The summed E-state index contributed by atoms with van der Waals surface area (Å²) in [5.74, 6) is 0.404. The van der Waals surface area contributed by atoms with Gasteiger partial charge in [-0.15, -0.1) is 0 Å². The lowest BCUT2D eigenvalue weighted by atomic mass is 10.1. The van der Waals surface area contributed by atoms with Crippen LogP contribution in [0.2, 0.25) is 0 Å². The van der Waals surface area contributed by atoms with Crippen molar-refractivity contribution >= 4 is 17.4 Å². The van der Waals surface area contributed by atoms with Gasteiger partial charge in [-0.2, -0.15) is 0 Å². The molecule has 0 aromatic heterocycles. The van der Waals surface area contributed by atoms with Crippen LogP contribution in [0, 0.1) is 0 Å². The largest absolute Gasteiger partial charge is 0.487 e. The molecule has 0 aliphatic rings. The van der Waals surface area contributed by atoms with Crippen molar-refractivity contribution in [3.05, 3.63) is 23.8 Å². The van der Waals surface area contributed by atoms with Crippen LogP contribution in [-0.4, -0.2) is 17.3 Å². The molecule has 0 bridgehead atoms. The number of hydrogen-bond acceptors (Lipinski definition) is 3. The fourth-order valence-corrected chi connectivity index (χ4v) is 1.75. The number of benzene rings is 1. The molecular weight excluding hydrogens is 254 g/mol. The first-order chi connectivity index (χ1) is 9.23. The molecule has 4 nitrogen and oxygen atoms in total. The van der Waals surface area contributed by atoms with E-state index in [0.29, 0.717) is 23.4 Å². The quantitative estimate of drug-likeness (QED) is 0.833. The van der Waals surface area contributed by atoms with Crippen molar-refractivity contribution in [1.29, 1.82) is 0 Å². The Balaban J connectivity index is 3.01. The van der Waals surface area contributed by atoms with Gasteiger partial charge in [0.05, 0.1) is 5.56 Å². The number of ether oxygens (including phenoxy) is 1. The highest BCUT2D eigenvalue weighted by molar-refractivity contribution is 5.99. The smallest absolute Gasteiger partial charge is 0.224 e. The molecular formula is C16H23NO3. The summed E-state index contributed by atoms with van der Waals surface area (Å²) in [6, 6.07) is 5.14. The number of nitrogens with one attached hydrogen (secondary N) is 1. The molecule has 4 heteroatoms. The summed E-state index contributed by atoms with van der Waals surface area (Å²) in [7, 11) is 0. The van der Waals surface area contributed by atoms with Gasteiger partial charge in [0.15, 0.2) is 5.78 Å². The minimum absolute atomic E-state index is 0.0495. The third-order valence-electron chi connectivity index (χ3n) is 2.54. The molecule has 20 heavy (non-hydrogen) atoms. The molecule has 0 unspecified atom stereocenters. The molecule has 0 aliphatic carbocycles. The Morgan fingerprint density at radius 3 is 2.40 bits per heavy atom. The molecule has 1 aromatic carbocycles. The van der Waals surface area contributed by atoms with Crippen molar-refractivity contribution in [3.63, 3.8) is 0 Å². The molecule has 0 saturated heterocycles. The second kappa shape index (κ2) is 6.55. The van der Waals surface area contributed by atoms with Gasteiger partial charge < -0.3 is 10.1 Å². The van der Waals surface area contributed by atoms with E-state index >= 15 is 0 Å². The minimum atomic E-state index is -0.378. The first kappa shape index (κ1) is 16.2. The molecule has 0 aliphatic heterocycles. The van der Waals surface area contributed by atoms with Crippen LogP contribution in [0.5, 0.6) is 5.75 Å². The van der Waals surface area contributed by atoms with Gasteiger partial charge in [-0.3, -0.25) is 9.59 Å². The van der Waals surface area contributed by atoms with Gasteiger partial charge >= 0.3 is 0 Å². The zero-order valence-corrected chi connectivity index (χ0v) is 12.9. The minimum Gasteiger partial charge on any atom is -0.487 e. The summed E-state index contributed by atoms with van der Waals surface area (Å²) >= 11 is 0. The Morgan fingerprint density at radius 1 is 1.25 bits per heavy atom. The number of carbonyl (C=O) groups is 2. The van der Waals surface area contributed by atoms with E-state index in [0.717, 1.165) is 6.42 Å². The predicted molar refractivity (Wildman–Crippen MR) is 80.4 cm³/mol. The lowest BCUT2D eigenvalue weighted by Gasteiger charge is -2.23. The van der Waals surface area contributed by atoms with Crippen LogP contribution in [-0.2, 0) is 4.79 Å². The molecule has 0 spiro atoms. The van der Waals surface area contributed by atoms with E-state index in [-0.39, 0.29) is 17.3 Å². The van der Waals surface area contributed by atoms with Crippen molar-refractivity contribution in [2.75, 3.05) is 5.32 Å². The molecule has 1 amide bonds. The normalized spacial score (nSPS) is 11.1. The van der Waals surface area contributed by atoms with E-state index < -0.39 is 0 Å². The van der Waals surface area contributed by atoms with Gasteiger partial charge in [-0.25, -0.2) is 0 Å². The van der Waals surface area contributed by atoms with E-state index in [9.17, 15) is 9.59 Å². The van der Waals surface area contributed by atoms with Crippen LogP contribution in [0.25, 0.3) is 0 Å². The highest BCUT2D eigenvalue weighted by Crippen LogP contribution is 2.27. The van der Waals surface area contributed by atoms with E-state index in [4.69, 9.17) is 4.74 Å². The summed E-state index contributed by atoms with van der Waals surface area (Å²) < 4.78 is 5.77. The fourth-order valence-electron chi connectivity index (χ4n) is 1.75. The highest BCUT2D eigenvalue weighted by Gasteiger charge is 2.17. The topological polar surface area (TPSA) is 55.4 Å². The average Bonchev–Trinajstić information content (AvgIpc) is 2.29. The maximum Gasteiger partial charge on any atom is 0.224 e. The Bertz CT molecular complexity index is 501. The van der Waals surface area contributed by atoms with Gasteiger partial charge in [0.25, 0.3) is 0 Å². The van der Waals surface area contributed by atoms with Gasteiger partial charge in [0, 0.05) is 12.1 Å². The number of rotatable bonds is 5. The van der Waals surface area contributed by atoms with Crippen molar-refractivity contribution in [2.24, 2.45) is 0 Å². The maximum atomic E-state index is 11.7. The van der Waals surface area contributed by atoms with Crippen LogP contribution in [0.15, 0.2) is 18.2 Å². The molecule has 0 saturated carbocycles. The lowest BCUT2D eigenvalue weighted by Crippen LogP contribution is -2.24. The third-order valence-corrected chi connectivity index (χ3v) is 2.54. The number of anilines is 1. The first-order valence-corrected chi connectivity index (χ1v) is 6.87. The van der Waals surface area contributed by atoms with Crippen molar-refractivity contribution in [2.45, 2.75) is 53.1 Å². The Labute approximate surface area is 120 Å². The van der Waals surface area contributed by atoms with E-state index in [2.05, 4.69) is 5.32 Å². The molecule has 1 aromatic rings. The number of amides is 1. The number of carbonyl (C=O) groups excluding carboxylic acids is 2. The molecule has 1 rings (SSSR count). The second-order valence-corrected chi connectivity index (χ2v) is 5.78. The van der Waals surface area contributed by atoms with Crippen LogP contribution >= 0.6 is 0 Å². The number of ketones is 1. The van der Waals surface area contributed by atoms with E-state index in [1.807, 2.05) is 27.7 Å². The van der Waals surface area contributed by atoms with Crippen molar-refractivity contribution in [3.8, 4) is 5.75 Å². The molecule has 1 N–H and O–H groups in total. The average molecular weight is 277 g/mol. The van der Waals surface area contributed by atoms with E-state index in [1.54, 1.807) is 18.2 Å². The molecule has 0 radical (unpaired) electrons. The molecule has 0 fully saturated rings. The molecule has 0 heterocycles. The van der Waals surface area contributed by atoms with Gasteiger partial charge in [-0.05, 0) is 52.3 Å². The summed E-state index contributed by atoms with van der Waals surface area (Å²) in [6.07, 6.45) is 1.26. The lowest BCUT2D eigenvalue weighted by molar-refractivity contribution is -0.116. The summed E-state index contributed by atoms with van der Waals surface area (Å²) in [5, 5.41) is 2.78. The summed E-state index contributed by atoms with van der Waals surface area (Å²) in [5.41, 5.74) is 0.723. The number of Topliss-reactive ketones (excluding diaryl/α,β-unsaturated/α-hetero) is 1. The van der Waals surface area contributed by atoms with Crippen molar-refractivity contribution in [1.82, 2.24) is 0 Å². The van der Waals surface area contributed by atoms with Crippen LogP contribution in [0.3, 0.4) is 0 Å². The van der Waals surface area contributed by atoms with Crippen LogP contribution in [0.1, 0.15) is 57.8 Å².